The van der Waals surface area contributed by atoms with Crippen molar-refractivity contribution < 1.29 is 4.79 Å². The van der Waals surface area contributed by atoms with Crippen LogP contribution in [0.25, 0.3) is 10.2 Å². The highest BCUT2D eigenvalue weighted by Gasteiger charge is 2.22. The third-order valence-electron chi connectivity index (χ3n) is 5.58. The van der Waals surface area contributed by atoms with Gasteiger partial charge < -0.3 is 4.90 Å². The Kier molecular flexibility index (Phi) is 8.42. The minimum atomic E-state index is 0. The van der Waals surface area contributed by atoms with E-state index in [9.17, 15) is 4.79 Å². The maximum atomic E-state index is 13.5. The summed E-state index contributed by atoms with van der Waals surface area (Å²) in [5.41, 5.74) is 6.43. The van der Waals surface area contributed by atoms with E-state index < -0.39 is 0 Å². The molecule has 1 heterocycles. The fourth-order valence-corrected chi connectivity index (χ4v) is 4.74. The minimum Gasteiger partial charge on any atom is -0.302 e. The van der Waals surface area contributed by atoms with E-state index in [0.29, 0.717) is 6.54 Å². The number of carbonyl (C=O) groups excluding carboxylic acids is 1. The second kappa shape index (κ2) is 10.4. The summed E-state index contributed by atoms with van der Waals surface area (Å²) in [6, 6.07) is 10.3. The first-order valence-electron chi connectivity index (χ1n) is 10.3. The molecule has 0 fully saturated rings. The number of hydrogen-bond donors (Lipinski definition) is 0. The second-order valence-electron chi connectivity index (χ2n) is 7.71. The number of halogens is 1. The molecule has 2 aromatic carbocycles. The Morgan fingerprint density at radius 1 is 0.933 bits per heavy atom. The fourth-order valence-electron chi connectivity index (χ4n) is 3.57. The molecule has 0 bridgehead atoms. The largest absolute Gasteiger partial charge is 0.302 e. The van der Waals surface area contributed by atoms with E-state index in [1.165, 1.54) is 11.1 Å². The molecule has 6 heteroatoms. The van der Waals surface area contributed by atoms with E-state index in [1.54, 1.807) is 11.3 Å². The molecule has 4 nitrogen and oxygen atoms in total. The van der Waals surface area contributed by atoms with Crippen LogP contribution >= 0.6 is 23.7 Å². The van der Waals surface area contributed by atoms with Gasteiger partial charge in [-0.05, 0) is 81.2 Å². The molecule has 162 valence electrons. The highest BCUT2D eigenvalue weighted by atomic mass is 35.5. The summed E-state index contributed by atoms with van der Waals surface area (Å²) in [4.78, 5) is 22.6. The Bertz CT molecular complexity index is 1030. The van der Waals surface area contributed by atoms with E-state index in [0.717, 1.165) is 51.7 Å². The maximum Gasteiger partial charge on any atom is 0.260 e. The summed E-state index contributed by atoms with van der Waals surface area (Å²) < 4.78 is 1.14. The highest BCUT2D eigenvalue weighted by molar-refractivity contribution is 7.22. The van der Waals surface area contributed by atoms with Gasteiger partial charge in [0.05, 0.1) is 10.2 Å². The molecular weight excluding hydrogens is 414 g/mol. The quantitative estimate of drug-likeness (QED) is 0.451. The van der Waals surface area contributed by atoms with Crippen molar-refractivity contribution in [2.75, 3.05) is 31.1 Å². The molecule has 1 amide bonds. The molecular formula is C24H32ClN3OS. The van der Waals surface area contributed by atoms with Gasteiger partial charge in [-0.25, -0.2) is 4.98 Å². The van der Waals surface area contributed by atoms with Gasteiger partial charge in [-0.15, -0.1) is 12.4 Å². The van der Waals surface area contributed by atoms with Crippen LogP contribution in [0.5, 0.6) is 0 Å². The van der Waals surface area contributed by atoms with Crippen LogP contribution in [0, 0.1) is 27.7 Å². The van der Waals surface area contributed by atoms with E-state index in [-0.39, 0.29) is 18.3 Å². The topological polar surface area (TPSA) is 36.4 Å². The number of fused-ring (bicyclic) bond motifs is 1. The lowest BCUT2D eigenvalue weighted by Gasteiger charge is -2.25. The predicted molar refractivity (Wildman–Crippen MR) is 132 cm³/mol. The number of benzene rings is 2. The zero-order chi connectivity index (χ0) is 21.1. The molecule has 0 N–H and O–H groups in total. The van der Waals surface area contributed by atoms with Gasteiger partial charge in [-0.2, -0.15) is 0 Å². The van der Waals surface area contributed by atoms with Crippen LogP contribution < -0.4 is 4.90 Å². The van der Waals surface area contributed by atoms with Crippen LogP contribution in [0.3, 0.4) is 0 Å². The third kappa shape index (κ3) is 5.20. The van der Waals surface area contributed by atoms with Crippen LogP contribution in [-0.4, -0.2) is 42.0 Å². The molecule has 0 saturated carbocycles. The monoisotopic (exact) mass is 445 g/mol. The molecule has 1 aromatic heterocycles. The van der Waals surface area contributed by atoms with Crippen molar-refractivity contribution in [2.24, 2.45) is 0 Å². The van der Waals surface area contributed by atoms with Gasteiger partial charge in [0, 0.05) is 18.7 Å². The van der Waals surface area contributed by atoms with Crippen LogP contribution in [0.2, 0.25) is 0 Å². The van der Waals surface area contributed by atoms with Gasteiger partial charge in [0.1, 0.15) is 0 Å². The number of hydrogen-bond acceptors (Lipinski definition) is 4. The van der Waals surface area contributed by atoms with Gasteiger partial charge in [0.25, 0.3) is 5.91 Å². The number of anilines is 1. The summed E-state index contributed by atoms with van der Waals surface area (Å²) in [6.07, 6.45) is 0. The molecule has 0 radical (unpaired) electrons. The average Bonchev–Trinajstić information content (AvgIpc) is 3.11. The molecule has 0 aliphatic heterocycles. The summed E-state index contributed by atoms with van der Waals surface area (Å²) in [7, 11) is 0. The maximum absolute atomic E-state index is 13.5. The number of thiazole rings is 1. The van der Waals surface area contributed by atoms with Crippen molar-refractivity contribution in [3.05, 3.63) is 58.1 Å². The summed E-state index contributed by atoms with van der Waals surface area (Å²) >= 11 is 1.61. The fraction of sp³-hybridized carbons (Fsp3) is 0.417. The molecule has 0 saturated heterocycles. The van der Waals surface area contributed by atoms with Crippen LogP contribution in [0.4, 0.5) is 5.13 Å². The van der Waals surface area contributed by atoms with Crippen molar-refractivity contribution in [2.45, 2.75) is 41.5 Å². The highest BCUT2D eigenvalue weighted by Crippen LogP contribution is 2.32. The van der Waals surface area contributed by atoms with E-state index in [4.69, 9.17) is 4.98 Å². The van der Waals surface area contributed by atoms with Gasteiger partial charge in [-0.1, -0.05) is 37.3 Å². The van der Waals surface area contributed by atoms with E-state index in [1.807, 2.05) is 23.1 Å². The molecule has 0 spiro atoms. The number of carbonyl (C=O) groups is 1. The molecule has 30 heavy (non-hydrogen) atoms. The Balaban J connectivity index is 0.00000320. The standard InChI is InChI=1S/C24H31N3OS.ClH/c1-7-26(8-2)11-12-27(23(28)20-10-9-17(4)18(5)15-20)24-25-22-19(6)13-16(3)14-21(22)29-24;/h9-10,13-15H,7-8,11-12H2,1-6H3;1H. The molecule has 3 rings (SSSR count). The molecule has 3 aromatic rings. The van der Waals surface area contributed by atoms with Crippen LogP contribution in [-0.2, 0) is 0 Å². The lowest BCUT2D eigenvalue weighted by molar-refractivity contribution is 0.0983. The minimum absolute atomic E-state index is 0. The van der Waals surface area contributed by atoms with Crippen molar-refractivity contribution in [3.8, 4) is 0 Å². The molecule has 0 unspecified atom stereocenters. The van der Waals surface area contributed by atoms with E-state index in [2.05, 4.69) is 58.6 Å². The Morgan fingerprint density at radius 3 is 2.27 bits per heavy atom. The average molecular weight is 446 g/mol. The molecule has 0 atom stereocenters. The molecule has 0 aliphatic carbocycles. The normalized spacial score (nSPS) is 11.0. The van der Waals surface area contributed by atoms with Crippen molar-refractivity contribution in [1.29, 1.82) is 0 Å². The number of amides is 1. The van der Waals surface area contributed by atoms with Gasteiger partial charge in [0.2, 0.25) is 0 Å². The van der Waals surface area contributed by atoms with Gasteiger partial charge in [-0.3, -0.25) is 9.69 Å². The van der Waals surface area contributed by atoms with Crippen LogP contribution in [0.15, 0.2) is 30.3 Å². The third-order valence-corrected chi connectivity index (χ3v) is 6.61. The number of likely N-dealkylation sites (N-methyl/N-ethyl adjacent to an activating group) is 1. The second-order valence-corrected chi connectivity index (χ2v) is 8.72. The number of nitrogens with zero attached hydrogens (tertiary/aromatic N) is 3. The Morgan fingerprint density at radius 2 is 1.63 bits per heavy atom. The first-order chi connectivity index (χ1) is 13.8. The summed E-state index contributed by atoms with van der Waals surface area (Å²) in [6.45, 7) is 16.0. The first-order valence-corrected chi connectivity index (χ1v) is 11.1. The van der Waals surface area contributed by atoms with Gasteiger partial charge >= 0.3 is 0 Å². The zero-order valence-corrected chi connectivity index (χ0v) is 20.4. The number of aromatic nitrogens is 1. The van der Waals surface area contributed by atoms with Crippen molar-refractivity contribution in [1.82, 2.24) is 9.88 Å². The lowest BCUT2D eigenvalue weighted by atomic mass is 10.1. The summed E-state index contributed by atoms with van der Waals surface area (Å²) in [5.74, 6) is 0.0219. The molecule has 0 aliphatic rings. The van der Waals surface area contributed by atoms with Crippen molar-refractivity contribution in [3.63, 3.8) is 0 Å². The SMILES string of the molecule is CCN(CC)CCN(C(=O)c1ccc(C)c(C)c1)c1nc2c(C)cc(C)cc2s1.Cl. The Labute approximate surface area is 190 Å². The number of rotatable bonds is 7. The van der Waals surface area contributed by atoms with E-state index >= 15 is 0 Å². The first kappa shape index (κ1) is 24.3. The lowest BCUT2D eigenvalue weighted by Crippen LogP contribution is -2.38. The number of aryl methyl sites for hydroxylation is 4. The van der Waals surface area contributed by atoms with Gasteiger partial charge in [0.15, 0.2) is 5.13 Å². The predicted octanol–water partition coefficient (Wildman–Crippen LogP) is 5.94. The summed E-state index contributed by atoms with van der Waals surface area (Å²) in [5, 5.41) is 0.782. The Hall–Kier alpha value is -1.95. The van der Waals surface area contributed by atoms with Crippen molar-refractivity contribution >= 4 is 45.0 Å². The smallest absolute Gasteiger partial charge is 0.260 e. The zero-order valence-electron chi connectivity index (χ0n) is 18.8. The van der Waals surface area contributed by atoms with Crippen LogP contribution in [0.1, 0.15) is 46.5 Å².